The van der Waals surface area contributed by atoms with E-state index in [-0.39, 0.29) is 11.9 Å². The molecule has 1 atom stereocenters. The number of rotatable bonds is 2. The molecule has 1 unspecified atom stereocenters. The largest absolute Gasteiger partial charge is 0.321 e. The summed E-state index contributed by atoms with van der Waals surface area (Å²) in [6.45, 7) is 5.55. The highest BCUT2D eigenvalue weighted by molar-refractivity contribution is 9.10. The summed E-state index contributed by atoms with van der Waals surface area (Å²) in [7, 11) is 0. The molecule has 0 radical (unpaired) electrons. The van der Waals surface area contributed by atoms with Crippen molar-refractivity contribution in [2.75, 3.05) is 0 Å². The van der Waals surface area contributed by atoms with E-state index in [4.69, 9.17) is 5.73 Å². The second kappa shape index (κ2) is 4.03. The maximum Gasteiger partial charge on any atom is 0.124 e. The van der Waals surface area contributed by atoms with Crippen LogP contribution in [0.4, 0.5) is 4.39 Å². The molecule has 0 aliphatic rings. The average Bonchev–Trinajstić information content (AvgIpc) is 2.01. The van der Waals surface area contributed by atoms with Crippen LogP contribution in [-0.2, 0) is 0 Å². The van der Waals surface area contributed by atoms with Gasteiger partial charge in [0.15, 0.2) is 0 Å². The molecule has 1 aromatic rings. The van der Waals surface area contributed by atoms with E-state index in [1.165, 1.54) is 12.1 Å². The molecule has 0 heterocycles. The third-order valence-corrected chi connectivity index (χ3v) is 2.23. The minimum absolute atomic E-state index is 0.291. The highest BCUT2D eigenvalue weighted by Crippen LogP contribution is 2.22. The summed E-state index contributed by atoms with van der Waals surface area (Å²) in [4.78, 5) is 0. The van der Waals surface area contributed by atoms with Gasteiger partial charge in [0.1, 0.15) is 5.82 Å². The fraction of sp³-hybridized carbons (Fsp3) is 0.200. The molecule has 0 aliphatic carbocycles. The summed E-state index contributed by atoms with van der Waals surface area (Å²) in [6, 6.07) is 4.31. The number of hydrogen-bond acceptors (Lipinski definition) is 1. The lowest BCUT2D eigenvalue weighted by atomic mass is 10.0. The molecule has 0 bridgehead atoms. The molecule has 0 aliphatic heterocycles. The first-order valence-corrected chi connectivity index (χ1v) is 4.67. The Morgan fingerprint density at radius 1 is 1.54 bits per heavy atom. The Hall–Kier alpha value is -0.670. The van der Waals surface area contributed by atoms with Crippen molar-refractivity contribution < 1.29 is 4.39 Å². The van der Waals surface area contributed by atoms with Crippen LogP contribution in [0.5, 0.6) is 0 Å². The van der Waals surface area contributed by atoms with Gasteiger partial charge in [-0.1, -0.05) is 28.1 Å². The van der Waals surface area contributed by atoms with Crippen LogP contribution in [0.15, 0.2) is 34.8 Å². The van der Waals surface area contributed by atoms with E-state index in [1.807, 2.05) is 6.92 Å². The quantitative estimate of drug-likeness (QED) is 0.794. The van der Waals surface area contributed by atoms with E-state index in [2.05, 4.69) is 22.5 Å². The predicted octanol–water partition coefficient (Wildman–Crippen LogP) is 3.16. The van der Waals surface area contributed by atoms with Gasteiger partial charge in [0.05, 0.1) is 6.04 Å². The lowest BCUT2D eigenvalue weighted by molar-refractivity contribution is 0.622. The molecule has 0 saturated heterocycles. The number of hydrogen-bond donors (Lipinski definition) is 1. The molecule has 1 aromatic carbocycles. The molecule has 1 nitrogen and oxygen atoms in total. The lowest BCUT2D eigenvalue weighted by Crippen LogP contribution is -2.11. The molecule has 2 N–H and O–H groups in total. The zero-order chi connectivity index (χ0) is 10.0. The van der Waals surface area contributed by atoms with Gasteiger partial charge in [0.25, 0.3) is 0 Å². The van der Waals surface area contributed by atoms with Gasteiger partial charge >= 0.3 is 0 Å². The van der Waals surface area contributed by atoms with Crippen molar-refractivity contribution >= 4 is 15.9 Å². The van der Waals surface area contributed by atoms with Crippen LogP contribution >= 0.6 is 15.9 Å². The Balaban J connectivity index is 3.07. The fourth-order valence-electron chi connectivity index (χ4n) is 1.04. The van der Waals surface area contributed by atoms with Gasteiger partial charge in [-0.25, -0.2) is 4.39 Å². The summed E-state index contributed by atoms with van der Waals surface area (Å²) in [6.07, 6.45) is 0. The van der Waals surface area contributed by atoms with Crippen molar-refractivity contribution in [3.05, 3.63) is 46.2 Å². The van der Waals surface area contributed by atoms with Gasteiger partial charge in [-0.2, -0.15) is 0 Å². The van der Waals surface area contributed by atoms with Crippen molar-refractivity contribution in [3.8, 4) is 0 Å². The first kappa shape index (κ1) is 10.4. The van der Waals surface area contributed by atoms with Gasteiger partial charge in [-0.15, -0.1) is 0 Å². The molecule has 3 heteroatoms. The zero-order valence-electron chi connectivity index (χ0n) is 7.35. The van der Waals surface area contributed by atoms with E-state index < -0.39 is 0 Å². The number of benzene rings is 1. The molecular weight excluding hydrogens is 233 g/mol. The molecule has 0 saturated carbocycles. The standard InChI is InChI=1S/C10H11BrFN/c1-6(2)10(13)7-3-8(11)5-9(12)4-7/h3-5,10H,1,13H2,2H3. The van der Waals surface area contributed by atoms with Crippen LogP contribution in [0.3, 0.4) is 0 Å². The fourth-order valence-corrected chi connectivity index (χ4v) is 1.52. The number of halogens is 2. The van der Waals surface area contributed by atoms with Gasteiger partial charge < -0.3 is 5.73 Å². The third-order valence-electron chi connectivity index (χ3n) is 1.77. The maximum atomic E-state index is 12.9. The Kier molecular flexibility index (Phi) is 3.22. The normalized spacial score (nSPS) is 12.6. The van der Waals surface area contributed by atoms with Gasteiger partial charge in [-0.3, -0.25) is 0 Å². The minimum Gasteiger partial charge on any atom is -0.321 e. The van der Waals surface area contributed by atoms with E-state index >= 15 is 0 Å². The second-order valence-corrected chi connectivity index (χ2v) is 3.94. The smallest absolute Gasteiger partial charge is 0.124 e. The summed E-state index contributed by atoms with van der Waals surface area (Å²) in [5.41, 5.74) is 7.34. The van der Waals surface area contributed by atoms with Gasteiger partial charge in [0.2, 0.25) is 0 Å². The molecule has 70 valence electrons. The first-order valence-electron chi connectivity index (χ1n) is 3.87. The average molecular weight is 244 g/mol. The monoisotopic (exact) mass is 243 g/mol. The van der Waals surface area contributed by atoms with E-state index in [1.54, 1.807) is 6.07 Å². The summed E-state index contributed by atoms with van der Waals surface area (Å²) in [5.74, 6) is -0.291. The Bertz CT molecular complexity index is 315. The van der Waals surface area contributed by atoms with E-state index in [9.17, 15) is 4.39 Å². The Morgan fingerprint density at radius 3 is 2.62 bits per heavy atom. The SMILES string of the molecule is C=C(C)C(N)c1cc(F)cc(Br)c1. The molecule has 0 aromatic heterocycles. The van der Waals surface area contributed by atoms with Crippen LogP contribution in [-0.4, -0.2) is 0 Å². The minimum atomic E-state index is -0.299. The molecule has 0 amide bonds. The topological polar surface area (TPSA) is 26.0 Å². The third kappa shape index (κ3) is 2.64. The summed E-state index contributed by atoms with van der Waals surface area (Å²) in [5, 5.41) is 0. The van der Waals surface area contributed by atoms with Crippen LogP contribution < -0.4 is 5.73 Å². The van der Waals surface area contributed by atoms with Crippen LogP contribution in [0.25, 0.3) is 0 Å². The Morgan fingerprint density at radius 2 is 2.15 bits per heavy atom. The molecule has 1 rings (SSSR count). The van der Waals surface area contributed by atoms with Crippen LogP contribution in [0.1, 0.15) is 18.5 Å². The van der Waals surface area contributed by atoms with Crippen molar-refractivity contribution in [2.45, 2.75) is 13.0 Å². The maximum absolute atomic E-state index is 12.9. The van der Waals surface area contributed by atoms with Crippen molar-refractivity contribution in [1.82, 2.24) is 0 Å². The Labute approximate surface area is 85.6 Å². The molecule has 0 spiro atoms. The van der Waals surface area contributed by atoms with Crippen LogP contribution in [0, 0.1) is 5.82 Å². The second-order valence-electron chi connectivity index (χ2n) is 3.03. The molecule has 0 fully saturated rings. The van der Waals surface area contributed by atoms with Crippen LogP contribution in [0.2, 0.25) is 0 Å². The van der Waals surface area contributed by atoms with E-state index in [0.717, 1.165) is 11.1 Å². The molecular formula is C10H11BrFN. The van der Waals surface area contributed by atoms with Crippen molar-refractivity contribution in [3.63, 3.8) is 0 Å². The first-order chi connectivity index (χ1) is 6.00. The van der Waals surface area contributed by atoms with E-state index in [0.29, 0.717) is 4.47 Å². The van der Waals surface area contributed by atoms with Gasteiger partial charge in [0, 0.05) is 4.47 Å². The predicted molar refractivity (Wildman–Crippen MR) is 55.8 cm³/mol. The lowest BCUT2D eigenvalue weighted by Gasteiger charge is -2.11. The summed E-state index contributed by atoms with van der Waals surface area (Å²) >= 11 is 3.21. The highest BCUT2D eigenvalue weighted by Gasteiger charge is 2.08. The number of nitrogens with two attached hydrogens (primary N) is 1. The molecule has 13 heavy (non-hydrogen) atoms. The van der Waals surface area contributed by atoms with Gasteiger partial charge in [-0.05, 0) is 30.7 Å². The zero-order valence-corrected chi connectivity index (χ0v) is 8.94. The van der Waals surface area contributed by atoms with Crippen molar-refractivity contribution in [2.24, 2.45) is 5.73 Å². The summed E-state index contributed by atoms with van der Waals surface area (Å²) < 4.78 is 13.6. The van der Waals surface area contributed by atoms with Crippen molar-refractivity contribution in [1.29, 1.82) is 0 Å². The highest BCUT2D eigenvalue weighted by atomic mass is 79.9.